The number of halogens is 1. The quantitative estimate of drug-likeness (QED) is 0.880. The van der Waals surface area contributed by atoms with Gasteiger partial charge >= 0.3 is 0 Å². The van der Waals surface area contributed by atoms with Crippen LogP contribution < -0.4 is 5.32 Å². The largest absolute Gasteiger partial charge is 0.333 e. The zero-order valence-corrected chi connectivity index (χ0v) is 13.7. The average Bonchev–Trinajstić information content (AvgIpc) is 2.89. The molecule has 4 rings (SSSR count). The molecule has 1 amide bonds. The van der Waals surface area contributed by atoms with Crippen LogP contribution in [0.1, 0.15) is 40.6 Å². The van der Waals surface area contributed by atoms with Crippen molar-refractivity contribution in [1.29, 1.82) is 0 Å². The first-order valence-electron chi connectivity index (χ1n) is 8.46. The molecule has 0 saturated carbocycles. The van der Waals surface area contributed by atoms with E-state index in [-0.39, 0.29) is 23.8 Å². The van der Waals surface area contributed by atoms with Gasteiger partial charge in [0.1, 0.15) is 5.82 Å². The Hall–Kier alpha value is -2.20. The SMILES string of the molecule is CNC[C@H]1C[C@@H]2c3ccccc3Cc3ccc(F)cc3[C@H]2N1C=O. The van der Waals surface area contributed by atoms with Gasteiger partial charge in [-0.3, -0.25) is 4.79 Å². The topological polar surface area (TPSA) is 32.3 Å². The number of rotatable bonds is 3. The van der Waals surface area contributed by atoms with Gasteiger partial charge in [0.2, 0.25) is 6.41 Å². The fraction of sp³-hybridized carbons (Fsp3) is 0.350. The fourth-order valence-electron chi connectivity index (χ4n) is 4.49. The zero-order valence-electron chi connectivity index (χ0n) is 13.7. The van der Waals surface area contributed by atoms with Crippen LogP contribution in [0.15, 0.2) is 42.5 Å². The summed E-state index contributed by atoms with van der Waals surface area (Å²) in [5.41, 5.74) is 4.66. The number of benzene rings is 2. The first-order chi connectivity index (χ1) is 11.7. The molecule has 2 aliphatic rings. The Morgan fingerprint density at radius 2 is 2.00 bits per heavy atom. The Kier molecular flexibility index (Phi) is 3.85. The van der Waals surface area contributed by atoms with Crippen molar-refractivity contribution in [2.24, 2.45) is 0 Å². The van der Waals surface area contributed by atoms with Crippen molar-refractivity contribution in [3.8, 4) is 0 Å². The Bertz CT molecular complexity index is 776. The summed E-state index contributed by atoms with van der Waals surface area (Å²) in [6.45, 7) is 0.749. The van der Waals surface area contributed by atoms with Crippen molar-refractivity contribution < 1.29 is 9.18 Å². The third kappa shape index (κ3) is 2.33. The van der Waals surface area contributed by atoms with E-state index in [1.807, 2.05) is 18.0 Å². The number of likely N-dealkylation sites (tertiary alicyclic amines) is 1. The van der Waals surface area contributed by atoms with Gasteiger partial charge in [-0.25, -0.2) is 4.39 Å². The van der Waals surface area contributed by atoms with E-state index in [0.717, 1.165) is 36.9 Å². The minimum atomic E-state index is -0.235. The van der Waals surface area contributed by atoms with E-state index >= 15 is 0 Å². The van der Waals surface area contributed by atoms with Gasteiger partial charge in [0.25, 0.3) is 0 Å². The molecule has 2 aromatic carbocycles. The van der Waals surface area contributed by atoms with E-state index in [0.29, 0.717) is 0 Å². The molecule has 3 nitrogen and oxygen atoms in total. The zero-order chi connectivity index (χ0) is 16.7. The second-order valence-electron chi connectivity index (χ2n) is 6.77. The van der Waals surface area contributed by atoms with Gasteiger partial charge in [0, 0.05) is 18.5 Å². The van der Waals surface area contributed by atoms with Gasteiger partial charge in [-0.2, -0.15) is 0 Å². The summed E-state index contributed by atoms with van der Waals surface area (Å²) in [5.74, 6) is -0.0193. The van der Waals surface area contributed by atoms with Gasteiger partial charge in [0.05, 0.1) is 6.04 Å². The number of hydrogen-bond acceptors (Lipinski definition) is 2. The summed E-state index contributed by atoms with van der Waals surface area (Å²) in [7, 11) is 1.90. The standard InChI is InChI=1S/C20H21FN2O/c1-22-11-16-10-19-17-5-3-2-4-13(17)8-14-6-7-15(21)9-18(14)20(19)23(16)12-24/h2-7,9,12,16,19-20,22H,8,10-11H2,1H3/t16-,19-,20-/m1/s1. The van der Waals surface area contributed by atoms with Crippen LogP contribution in [-0.4, -0.2) is 30.9 Å². The van der Waals surface area contributed by atoms with Gasteiger partial charge in [0.15, 0.2) is 0 Å². The third-order valence-corrected chi connectivity index (χ3v) is 5.47. The minimum absolute atomic E-state index is 0.0878. The van der Waals surface area contributed by atoms with Gasteiger partial charge in [-0.1, -0.05) is 30.3 Å². The highest BCUT2D eigenvalue weighted by Gasteiger charge is 2.44. The number of fused-ring (bicyclic) bond motifs is 5. The maximum absolute atomic E-state index is 14.0. The molecule has 4 heteroatoms. The van der Waals surface area contributed by atoms with Crippen LogP contribution in [0.5, 0.6) is 0 Å². The van der Waals surface area contributed by atoms with E-state index in [4.69, 9.17) is 0 Å². The lowest BCUT2D eigenvalue weighted by molar-refractivity contribution is -0.120. The summed E-state index contributed by atoms with van der Waals surface area (Å²) in [6, 6.07) is 13.5. The lowest BCUT2D eigenvalue weighted by Crippen LogP contribution is -2.37. The monoisotopic (exact) mass is 324 g/mol. The highest BCUT2D eigenvalue weighted by atomic mass is 19.1. The molecule has 1 fully saturated rings. The van der Waals surface area contributed by atoms with Crippen LogP contribution in [0.3, 0.4) is 0 Å². The van der Waals surface area contributed by atoms with Crippen LogP contribution in [0.2, 0.25) is 0 Å². The molecule has 1 saturated heterocycles. The van der Waals surface area contributed by atoms with Crippen LogP contribution >= 0.6 is 0 Å². The molecule has 1 aliphatic heterocycles. The fourth-order valence-corrected chi connectivity index (χ4v) is 4.49. The van der Waals surface area contributed by atoms with Crippen molar-refractivity contribution in [3.63, 3.8) is 0 Å². The summed E-state index contributed by atoms with van der Waals surface area (Å²) in [4.78, 5) is 13.8. The number of nitrogens with zero attached hydrogens (tertiary/aromatic N) is 1. The molecule has 1 aliphatic carbocycles. The third-order valence-electron chi connectivity index (χ3n) is 5.47. The molecule has 3 atom stereocenters. The van der Waals surface area contributed by atoms with Gasteiger partial charge in [-0.15, -0.1) is 0 Å². The Morgan fingerprint density at radius 1 is 1.21 bits per heavy atom. The van der Waals surface area contributed by atoms with E-state index < -0.39 is 0 Å². The van der Waals surface area contributed by atoms with Crippen molar-refractivity contribution in [3.05, 3.63) is 70.5 Å². The molecule has 2 aromatic rings. The minimum Gasteiger partial charge on any atom is -0.333 e. The molecule has 0 spiro atoms. The highest BCUT2D eigenvalue weighted by Crippen LogP contribution is 2.50. The maximum Gasteiger partial charge on any atom is 0.210 e. The van der Waals surface area contributed by atoms with Gasteiger partial charge in [-0.05, 0) is 54.3 Å². The van der Waals surface area contributed by atoms with Crippen molar-refractivity contribution in [1.82, 2.24) is 10.2 Å². The van der Waals surface area contributed by atoms with Crippen molar-refractivity contribution >= 4 is 6.41 Å². The summed E-state index contributed by atoms with van der Waals surface area (Å²) in [6.07, 6.45) is 2.63. The normalized spacial score (nSPS) is 24.8. The van der Waals surface area contributed by atoms with Crippen LogP contribution in [0.4, 0.5) is 4.39 Å². The van der Waals surface area contributed by atoms with E-state index in [1.165, 1.54) is 17.2 Å². The highest BCUT2D eigenvalue weighted by molar-refractivity contribution is 5.55. The molecule has 0 bridgehead atoms. The second kappa shape index (κ2) is 6.02. The number of nitrogens with one attached hydrogen (secondary N) is 1. The summed E-state index contributed by atoms with van der Waals surface area (Å²) < 4.78 is 14.0. The predicted molar refractivity (Wildman–Crippen MR) is 91.4 cm³/mol. The maximum atomic E-state index is 14.0. The molecular formula is C20H21FN2O. The van der Waals surface area contributed by atoms with Crippen LogP contribution in [-0.2, 0) is 11.2 Å². The number of amides is 1. The number of carbonyl (C=O) groups excluding carboxylic acids is 1. The number of hydrogen-bond donors (Lipinski definition) is 1. The number of likely N-dealkylation sites (N-methyl/N-ethyl adjacent to an activating group) is 1. The lowest BCUT2D eigenvalue weighted by Gasteiger charge is -2.29. The Balaban J connectivity index is 1.91. The van der Waals surface area contributed by atoms with Crippen LogP contribution in [0, 0.1) is 5.82 Å². The second-order valence-corrected chi connectivity index (χ2v) is 6.77. The first kappa shape index (κ1) is 15.3. The molecule has 1 N–H and O–H groups in total. The summed E-state index contributed by atoms with van der Waals surface area (Å²) >= 11 is 0. The molecule has 0 radical (unpaired) electrons. The molecule has 0 aromatic heterocycles. The smallest absolute Gasteiger partial charge is 0.210 e. The van der Waals surface area contributed by atoms with Gasteiger partial charge < -0.3 is 10.2 Å². The van der Waals surface area contributed by atoms with Crippen LogP contribution in [0.25, 0.3) is 0 Å². The Morgan fingerprint density at radius 3 is 2.79 bits per heavy atom. The average molecular weight is 324 g/mol. The van der Waals surface area contributed by atoms with E-state index in [2.05, 4.69) is 29.6 Å². The van der Waals surface area contributed by atoms with E-state index in [1.54, 1.807) is 6.07 Å². The Labute approximate surface area is 141 Å². The number of carbonyl (C=O) groups is 1. The predicted octanol–water partition coefficient (Wildman–Crippen LogP) is 3.00. The first-order valence-corrected chi connectivity index (χ1v) is 8.46. The molecule has 124 valence electrons. The summed E-state index contributed by atoms with van der Waals surface area (Å²) in [5, 5.41) is 3.18. The van der Waals surface area contributed by atoms with Crippen molar-refractivity contribution in [2.45, 2.75) is 30.8 Å². The molecule has 24 heavy (non-hydrogen) atoms. The molecule has 1 heterocycles. The lowest BCUT2D eigenvalue weighted by atomic mass is 9.87. The molecule has 0 unspecified atom stereocenters. The van der Waals surface area contributed by atoms with Crippen molar-refractivity contribution in [2.75, 3.05) is 13.6 Å². The van der Waals surface area contributed by atoms with E-state index in [9.17, 15) is 9.18 Å². The molecular weight excluding hydrogens is 303 g/mol.